The molecule has 0 aliphatic carbocycles. The first kappa shape index (κ1) is 16.9. The number of halogens is 2. The number of nitrogens with one attached hydrogen (secondary N) is 1. The molecule has 5 nitrogen and oxygen atoms in total. The molecule has 1 N–H and O–H groups in total. The molecule has 130 valence electrons. The molecule has 25 heavy (non-hydrogen) atoms. The van der Waals surface area contributed by atoms with Gasteiger partial charge < -0.3 is 14.6 Å². The summed E-state index contributed by atoms with van der Waals surface area (Å²) in [6.45, 7) is -2.81. The molecule has 3 rings (SSSR count). The van der Waals surface area contributed by atoms with Crippen molar-refractivity contribution in [1.82, 2.24) is 10.1 Å². The zero-order valence-corrected chi connectivity index (χ0v) is 13.6. The highest BCUT2D eigenvalue weighted by atomic mass is 19.3. The number of nitrogens with zero attached hydrogens (tertiary/aromatic N) is 2. The first-order valence-electron chi connectivity index (χ1n) is 7.78. The van der Waals surface area contributed by atoms with E-state index in [0.717, 1.165) is 16.8 Å². The van der Waals surface area contributed by atoms with E-state index in [1.807, 2.05) is 31.3 Å². The van der Waals surface area contributed by atoms with Gasteiger partial charge in [0.05, 0.1) is 0 Å². The van der Waals surface area contributed by atoms with Crippen LogP contribution in [0.4, 0.5) is 14.5 Å². The van der Waals surface area contributed by atoms with E-state index in [0.29, 0.717) is 24.6 Å². The van der Waals surface area contributed by atoms with Crippen LogP contribution in [0.5, 0.6) is 5.75 Å². The minimum atomic E-state index is -2.81. The van der Waals surface area contributed by atoms with Crippen LogP contribution in [0.1, 0.15) is 11.4 Å². The average molecular weight is 345 g/mol. The summed E-state index contributed by atoms with van der Waals surface area (Å²) in [7, 11) is 1.84. The van der Waals surface area contributed by atoms with E-state index in [4.69, 9.17) is 4.52 Å². The molecule has 0 bridgehead atoms. The zero-order valence-electron chi connectivity index (χ0n) is 13.6. The van der Waals surface area contributed by atoms with Crippen LogP contribution in [-0.4, -0.2) is 23.8 Å². The Morgan fingerprint density at radius 3 is 2.64 bits per heavy atom. The van der Waals surface area contributed by atoms with Gasteiger partial charge in [0.1, 0.15) is 5.75 Å². The summed E-state index contributed by atoms with van der Waals surface area (Å²) in [5.41, 5.74) is 2.78. The Morgan fingerprint density at radius 2 is 1.92 bits per heavy atom. The van der Waals surface area contributed by atoms with Crippen molar-refractivity contribution in [3.8, 4) is 17.2 Å². The summed E-state index contributed by atoms with van der Waals surface area (Å²) >= 11 is 0. The van der Waals surface area contributed by atoms with E-state index >= 15 is 0 Å². The fourth-order valence-electron chi connectivity index (χ4n) is 2.37. The van der Waals surface area contributed by atoms with E-state index in [2.05, 4.69) is 20.2 Å². The topological polar surface area (TPSA) is 60.2 Å². The van der Waals surface area contributed by atoms with Crippen LogP contribution in [0.15, 0.2) is 53.1 Å². The third-order valence-corrected chi connectivity index (χ3v) is 3.65. The van der Waals surface area contributed by atoms with Crippen molar-refractivity contribution in [2.24, 2.45) is 0 Å². The summed E-state index contributed by atoms with van der Waals surface area (Å²) < 4.78 is 33.9. The predicted octanol–water partition coefficient (Wildman–Crippen LogP) is 4.16. The maximum absolute atomic E-state index is 12.1. The highest BCUT2D eigenvalue weighted by Gasteiger charge is 2.10. The summed E-state index contributed by atoms with van der Waals surface area (Å²) in [4.78, 5) is 4.40. The highest BCUT2D eigenvalue weighted by molar-refractivity contribution is 5.60. The number of aromatic nitrogens is 2. The number of ether oxygens (including phenoxy) is 1. The van der Waals surface area contributed by atoms with Crippen molar-refractivity contribution in [2.45, 2.75) is 19.5 Å². The van der Waals surface area contributed by atoms with Crippen molar-refractivity contribution < 1.29 is 18.0 Å². The van der Waals surface area contributed by atoms with E-state index in [1.165, 1.54) is 12.1 Å². The van der Waals surface area contributed by atoms with Gasteiger partial charge in [0.2, 0.25) is 0 Å². The number of aryl methyl sites for hydroxylation is 2. The molecule has 0 spiro atoms. The third-order valence-electron chi connectivity index (χ3n) is 3.65. The molecule has 0 radical (unpaired) electrons. The molecule has 0 fully saturated rings. The first-order chi connectivity index (χ1) is 12.1. The Bertz CT molecular complexity index is 819. The highest BCUT2D eigenvalue weighted by Crippen LogP contribution is 2.21. The maximum atomic E-state index is 12.1. The minimum absolute atomic E-state index is 0.144. The fraction of sp³-hybridized carbons (Fsp3) is 0.222. The average Bonchev–Trinajstić information content (AvgIpc) is 3.10. The Kier molecular flexibility index (Phi) is 5.23. The Labute approximate surface area is 143 Å². The van der Waals surface area contributed by atoms with Crippen LogP contribution in [0.25, 0.3) is 11.5 Å². The van der Waals surface area contributed by atoms with Crippen molar-refractivity contribution >= 4 is 5.69 Å². The van der Waals surface area contributed by atoms with Gasteiger partial charge in [-0.05, 0) is 42.3 Å². The Morgan fingerprint density at radius 1 is 1.12 bits per heavy atom. The maximum Gasteiger partial charge on any atom is 0.387 e. The quantitative estimate of drug-likeness (QED) is 0.696. The third kappa shape index (κ3) is 4.53. The van der Waals surface area contributed by atoms with Gasteiger partial charge in [-0.2, -0.15) is 13.8 Å². The second-order valence-corrected chi connectivity index (χ2v) is 5.37. The molecule has 0 aliphatic heterocycles. The number of benzene rings is 2. The molecule has 0 aliphatic rings. The number of hydrogen-bond donors (Lipinski definition) is 1. The normalized spacial score (nSPS) is 10.9. The molecule has 1 aromatic heterocycles. The van der Waals surface area contributed by atoms with Crippen LogP contribution >= 0.6 is 0 Å². The number of anilines is 1. The molecular weight excluding hydrogens is 328 g/mol. The van der Waals surface area contributed by atoms with Gasteiger partial charge in [-0.3, -0.25) is 0 Å². The van der Waals surface area contributed by atoms with Gasteiger partial charge in [-0.15, -0.1) is 0 Å². The molecule has 0 saturated carbocycles. The van der Waals surface area contributed by atoms with Crippen LogP contribution in [-0.2, 0) is 12.8 Å². The standard InChI is InChI=1S/C18H17F2N3O2/c1-21-14-4-2-3-13(11-14)17-22-16(23-25-17)10-7-12-5-8-15(9-6-12)24-18(19)20/h2-6,8-9,11,18,21H,7,10H2,1H3. The summed E-state index contributed by atoms with van der Waals surface area (Å²) in [6, 6.07) is 14.2. The van der Waals surface area contributed by atoms with E-state index in [1.54, 1.807) is 12.1 Å². The molecule has 0 atom stereocenters. The van der Waals surface area contributed by atoms with Gasteiger partial charge >= 0.3 is 6.61 Å². The molecule has 2 aromatic carbocycles. The molecule has 0 saturated heterocycles. The molecule has 1 heterocycles. The van der Waals surface area contributed by atoms with Crippen molar-refractivity contribution in [1.29, 1.82) is 0 Å². The number of alkyl halides is 2. The Balaban J connectivity index is 1.61. The van der Waals surface area contributed by atoms with Crippen LogP contribution in [0.2, 0.25) is 0 Å². The zero-order chi connectivity index (χ0) is 17.6. The predicted molar refractivity (Wildman–Crippen MR) is 89.8 cm³/mol. The lowest BCUT2D eigenvalue weighted by molar-refractivity contribution is -0.0498. The van der Waals surface area contributed by atoms with Crippen molar-refractivity contribution in [2.75, 3.05) is 12.4 Å². The monoisotopic (exact) mass is 345 g/mol. The largest absolute Gasteiger partial charge is 0.435 e. The summed E-state index contributed by atoms with van der Waals surface area (Å²) in [6.07, 6.45) is 1.26. The van der Waals surface area contributed by atoms with E-state index < -0.39 is 6.61 Å². The molecular formula is C18H17F2N3O2. The lowest BCUT2D eigenvalue weighted by atomic mass is 10.1. The van der Waals surface area contributed by atoms with Gasteiger partial charge in [-0.1, -0.05) is 23.4 Å². The smallest absolute Gasteiger partial charge is 0.387 e. The second-order valence-electron chi connectivity index (χ2n) is 5.37. The van der Waals surface area contributed by atoms with Gasteiger partial charge in [0.25, 0.3) is 5.89 Å². The van der Waals surface area contributed by atoms with Gasteiger partial charge in [0, 0.05) is 24.7 Å². The van der Waals surface area contributed by atoms with E-state index in [9.17, 15) is 8.78 Å². The lowest BCUT2D eigenvalue weighted by Crippen LogP contribution is -2.01. The van der Waals surface area contributed by atoms with Gasteiger partial charge in [0.15, 0.2) is 5.82 Å². The number of rotatable bonds is 7. The minimum Gasteiger partial charge on any atom is -0.435 e. The molecule has 0 amide bonds. The first-order valence-corrected chi connectivity index (χ1v) is 7.78. The molecule has 3 aromatic rings. The van der Waals surface area contributed by atoms with E-state index in [-0.39, 0.29) is 5.75 Å². The fourth-order valence-corrected chi connectivity index (χ4v) is 2.37. The van der Waals surface area contributed by atoms with Crippen LogP contribution in [0, 0.1) is 0 Å². The second kappa shape index (κ2) is 7.74. The number of hydrogen-bond acceptors (Lipinski definition) is 5. The lowest BCUT2D eigenvalue weighted by Gasteiger charge is -2.05. The van der Waals surface area contributed by atoms with Crippen molar-refractivity contribution in [3.63, 3.8) is 0 Å². The molecule has 0 unspecified atom stereocenters. The van der Waals surface area contributed by atoms with Crippen LogP contribution < -0.4 is 10.1 Å². The Hall–Kier alpha value is -2.96. The van der Waals surface area contributed by atoms with Gasteiger partial charge in [-0.25, -0.2) is 0 Å². The SMILES string of the molecule is CNc1cccc(-c2nc(CCc3ccc(OC(F)F)cc3)no2)c1. The van der Waals surface area contributed by atoms with Crippen molar-refractivity contribution in [3.05, 3.63) is 59.9 Å². The summed E-state index contributed by atoms with van der Waals surface area (Å²) in [5.74, 6) is 1.20. The van der Waals surface area contributed by atoms with Crippen LogP contribution in [0.3, 0.4) is 0 Å². The molecule has 7 heteroatoms. The summed E-state index contributed by atoms with van der Waals surface area (Å²) in [5, 5.41) is 7.05.